The third kappa shape index (κ3) is 5.32. The first kappa shape index (κ1) is 25.5. The van der Waals surface area contributed by atoms with Crippen LogP contribution in [0, 0.1) is 11.8 Å². The zero-order valence-corrected chi connectivity index (χ0v) is 21.5. The van der Waals surface area contributed by atoms with Crippen molar-refractivity contribution in [1.29, 1.82) is 0 Å². The molecule has 1 aliphatic heterocycles. The first-order valence-electron chi connectivity index (χ1n) is 12.0. The molecule has 0 radical (unpaired) electrons. The zero-order chi connectivity index (χ0) is 25.3. The van der Waals surface area contributed by atoms with Crippen LogP contribution in [-0.2, 0) is 14.8 Å². The fraction of sp³-hybridized carbons (Fsp3) is 0.500. The monoisotopic (exact) mass is 502 g/mol. The lowest BCUT2D eigenvalue weighted by molar-refractivity contribution is -0.132. The van der Waals surface area contributed by atoms with Crippen LogP contribution in [0.4, 0.5) is 0 Å². The number of carbonyl (C=O) groups is 1. The summed E-state index contributed by atoms with van der Waals surface area (Å²) in [7, 11) is -0.561. The van der Waals surface area contributed by atoms with Crippen molar-refractivity contribution in [3.63, 3.8) is 0 Å². The van der Waals surface area contributed by atoms with Gasteiger partial charge in [0.15, 0.2) is 0 Å². The van der Waals surface area contributed by atoms with Crippen molar-refractivity contribution < 1.29 is 27.8 Å². The molecule has 0 saturated heterocycles. The van der Waals surface area contributed by atoms with E-state index in [0.29, 0.717) is 12.3 Å². The number of aliphatic hydroxyl groups is 1. The fourth-order valence-corrected chi connectivity index (χ4v) is 6.25. The van der Waals surface area contributed by atoms with Gasteiger partial charge in [0.1, 0.15) is 22.5 Å². The van der Waals surface area contributed by atoms with Gasteiger partial charge < -0.3 is 19.5 Å². The van der Waals surface area contributed by atoms with Crippen molar-refractivity contribution >= 4 is 15.9 Å². The van der Waals surface area contributed by atoms with E-state index < -0.39 is 22.2 Å². The number of hydrogen-bond donors (Lipinski definition) is 1. The van der Waals surface area contributed by atoms with E-state index in [0.717, 1.165) is 24.0 Å². The van der Waals surface area contributed by atoms with Crippen molar-refractivity contribution in [1.82, 2.24) is 9.21 Å². The van der Waals surface area contributed by atoms with E-state index >= 15 is 0 Å². The van der Waals surface area contributed by atoms with E-state index in [9.17, 15) is 18.3 Å². The number of fused-ring (bicyclic) bond motifs is 1. The number of likely N-dealkylation sites (N-methyl/N-ethyl adjacent to an activating group) is 1. The highest BCUT2D eigenvalue weighted by Gasteiger charge is 2.39. The lowest BCUT2D eigenvalue weighted by Crippen LogP contribution is -2.50. The molecule has 2 aromatic rings. The van der Waals surface area contributed by atoms with Crippen LogP contribution in [0.1, 0.15) is 26.7 Å². The molecule has 9 heteroatoms. The topological polar surface area (TPSA) is 96.4 Å². The van der Waals surface area contributed by atoms with Crippen molar-refractivity contribution in [2.75, 3.05) is 33.9 Å². The Balaban J connectivity index is 1.77. The van der Waals surface area contributed by atoms with Gasteiger partial charge >= 0.3 is 0 Å². The predicted octanol–water partition coefficient (Wildman–Crippen LogP) is 3.00. The molecule has 3 atom stereocenters. The van der Waals surface area contributed by atoms with Gasteiger partial charge in [-0.05, 0) is 55.2 Å². The maximum Gasteiger partial charge on any atom is 0.247 e. The van der Waals surface area contributed by atoms with E-state index in [4.69, 9.17) is 9.47 Å². The summed E-state index contributed by atoms with van der Waals surface area (Å²) in [6, 6.07) is 12.0. The molecule has 1 aliphatic carbocycles. The predicted molar refractivity (Wildman–Crippen MR) is 133 cm³/mol. The molecule has 0 aromatic heterocycles. The Hall–Kier alpha value is -2.62. The van der Waals surface area contributed by atoms with Gasteiger partial charge in [0.25, 0.3) is 0 Å². The minimum atomic E-state index is -3.93. The number of ether oxygens (including phenoxy) is 2. The molecule has 0 spiro atoms. The van der Waals surface area contributed by atoms with Crippen LogP contribution in [0.3, 0.4) is 0 Å². The maximum absolute atomic E-state index is 13.7. The Morgan fingerprint density at radius 1 is 1.23 bits per heavy atom. The van der Waals surface area contributed by atoms with Gasteiger partial charge in [0.2, 0.25) is 15.9 Å². The molecule has 0 unspecified atom stereocenters. The molecule has 8 nitrogen and oxygen atoms in total. The second kappa shape index (κ2) is 10.2. The summed E-state index contributed by atoms with van der Waals surface area (Å²) in [6.45, 7) is 3.84. The van der Waals surface area contributed by atoms with Crippen LogP contribution in [0.2, 0.25) is 0 Å². The summed E-state index contributed by atoms with van der Waals surface area (Å²) in [5, 5.41) is 9.81. The molecule has 1 N–H and O–H groups in total. The Labute approximate surface area is 207 Å². The van der Waals surface area contributed by atoms with Crippen LogP contribution in [-0.4, -0.2) is 74.6 Å². The number of benzene rings is 2. The minimum absolute atomic E-state index is 0.0533. The first-order chi connectivity index (χ1) is 16.6. The Morgan fingerprint density at radius 3 is 2.60 bits per heavy atom. The second-order valence-electron chi connectivity index (χ2n) is 9.63. The van der Waals surface area contributed by atoms with Crippen molar-refractivity contribution in [3.05, 3.63) is 42.5 Å². The van der Waals surface area contributed by atoms with Crippen LogP contribution in [0.5, 0.6) is 11.5 Å². The molecule has 1 fully saturated rings. The largest absolute Gasteiger partial charge is 0.497 e. The summed E-state index contributed by atoms with van der Waals surface area (Å²) >= 11 is 0. The molecule has 1 heterocycles. The average Bonchev–Trinajstić information content (AvgIpc) is 3.70. The maximum atomic E-state index is 13.7. The number of hydrogen-bond acceptors (Lipinski definition) is 6. The smallest absolute Gasteiger partial charge is 0.247 e. The van der Waals surface area contributed by atoms with Gasteiger partial charge in [0.05, 0.1) is 20.3 Å². The summed E-state index contributed by atoms with van der Waals surface area (Å²) in [5.74, 6) is 0.895. The Kier molecular flexibility index (Phi) is 7.40. The van der Waals surface area contributed by atoms with E-state index in [1.807, 2.05) is 31.2 Å². The number of carbonyl (C=O) groups excluding carboxylic acids is 1. The number of aliphatic hydroxyl groups excluding tert-OH is 1. The van der Waals surface area contributed by atoms with Gasteiger partial charge in [-0.2, -0.15) is 4.31 Å². The normalized spacial score (nSPS) is 22.8. The van der Waals surface area contributed by atoms with Crippen LogP contribution in [0.25, 0.3) is 11.1 Å². The molecule has 35 heavy (non-hydrogen) atoms. The standard InChI is InChI=1S/C26H34N2O6S/c1-17-14-28(18(2)16-29)35(31,32)25-11-10-21(20-6-5-7-22(12-20)33-4)13-23(25)34-24(17)15-27(3)26(30)19-8-9-19/h5-7,10-13,17-19,24,29H,8-9,14-16H2,1-4H3/t17-,18-,24+/m1/s1. The molecule has 1 saturated carbocycles. The molecule has 0 bridgehead atoms. The summed E-state index contributed by atoms with van der Waals surface area (Å²) in [6.07, 6.45) is 1.40. The molecular weight excluding hydrogens is 468 g/mol. The summed E-state index contributed by atoms with van der Waals surface area (Å²) in [4.78, 5) is 14.4. The SMILES string of the molecule is COc1cccc(-c2ccc3c(c2)O[C@@H](CN(C)C(=O)C2CC2)[C@H](C)CN([C@H](C)CO)S3(=O)=O)c1. The average molecular weight is 503 g/mol. The zero-order valence-electron chi connectivity index (χ0n) is 20.7. The minimum Gasteiger partial charge on any atom is -0.497 e. The van der Waals surface area contributed by atoms with E-state index in [1.165, 1.54) is 4.31 Å². The van der Waals surface area contributed by atoms with E-state index in [-0.39, 0.29) is 41.5 Å². The van der Waals surface area contributed by atoms with Crippen molar-refractivity contribution in [2.45, 2.75) is 43.7 Å². The lowest BCUT2D eigenvalue weighted by Gasteiger charge is -2.37. The number of nitrogens with zero attached hydrogens (tertiary/aromatic N) is 2. The van der Waals surface area contributed by atoms with Crippen molar-refractivity contribution in [3.8, 4) is 22.6 Å². The first-order valence-corrected chi connectivity index (χ1v) is 13.4. The van der Waals surface area contributed by atoms with Gasteiger partial charge in [-0.25, -0.2) is 8.42 Å². The van der Waals surface area contributed by atoms with E-state index in [1.54, 1.807) is 44.2 Å². The molecular formula is C26H34N2O6S. The van der Waals surface area contributed by atoms with Crippen LogP contribution >= 0.6 is 0 Å². The number of amides is 1. The third-order valence-electron chi connectivity index (χ3n) is 6.83. The molecule has 1 amide bonds. The van der Waals surface area contributed by atoms with Crippen LogP contribution in [0.15, 0.2) is 47.4 Å². The molecule has 4 rings (SSSR count). The number of rotatable bonds is 7. The highest BCUT2D eigenvalue weighted by molar-refractivity contribution is 7.89. The highest BCUT2D eigenvalue weighted by atomic mass is 32.2. The Bertz CT molecular complexity index is 1180. The second-order valence-corrected chi connectivity index (χ2v) is 11.5. The quantitative estimate of drug-likeness (QED) is 0.625. The highest BCUT2D eigenvalue weighted by Crippen LogP contribution is 2.37. The van der Waals surface area contributed by atoms with Crippen LogP contribution < -0.4 is 9.47 Å². The molecule has 2 aromatic carbocycles. The fourth-order valence-electron chi connectivity index (χ4n) is 4.43. The van der Waals surface area contributed by atoms with Gasteiger partial charge in [-0.1, -0.05) is 25.1 Å². The Morgan fingerprint density at radius 2 is 1.94 bits per heavy atom. The van der Waals surface area contributed by atoms with E-state index in [2.05, 4.69) is 0 Å². The number of sulfonamides is 1. The van der Waals surface area contributed by atoms with Gasteiger partial charge in [-0.15, -0.1) is 0 Å². The third-order valence-corrected chi connectivity index (χ3v) is 8.85. The van der Waals surface area contributed by atoms with Crippen molar-refractivity contribution in [2.24, 2.45) is 11.8 Å². The molecule has 190 valence electrons. The number of methoxy groups -OCH3 is 1. The van der Waals surface area contributed by atoms with Gasteiger partial charge in [-0.3, -0.25) is 4.79 Å². The summed E-state index contributed by atoms with van der Waals surface area (Å²) in [5.41, 5.74) is 1.65. The molecule has 2 aliphatic rings. The van der Waals surface area contributed by atoms with Gasteiger partial charge in [0, 0.05) is 31.5 Å². The summed E-state index contributed by atoms with van der Waals surface area (Å²) < 4.78 is 40.4. The lowest BCUT2D eigenvalue weighted by atomic mass is 10.0.